The first-order valence-corrected chi connectivity index (χ1v) is 13.2. The zero-order valence-electron chi connectivity index (χ0n) is 19.2. The Morgan fingerprint density at radius 3 is 2.61 bits per heavy atom. The fraction of sp³-hybridized carbons (Fsp3) is 0.250. The number of nitrogens with zero attached hydrogens (tertiary/aromatic N) is 4. The molecule has 1 aliphatic rings. The molecule has 0 spiro atoms. The van der Waals surface area contributed by atoms with Gasteiger partial charge in [-0.2, -0.15) is 18.4 Å². The lowest BCUT2D eigenvalue weighted by molar-refractivity contribution is 0.307. The second kappa shape index (κ2) is 9.23. The molecule has 1 aromatic carbocycles. The van der Waals surface area contributed by atoms with Crippen molar-refractivity contribution in [1.29, 1.82) is 0 Å². The number of pyridine rings is 1. The molecule has 4 aromatic rings. The van der Waals surface area contributed by atoms with E-state index in [1.165, 1.54) is 16.7 Å². The first kappa shape index (κ1) is 24.3. The summed E-state index contributed by atoms with van der Waals surface area (Å²) >= 11 is 5.85. The Hall–Kier alpha value is -3.41. The fourth-order valence-corrected chi connectivity index (χ4v) is 4.14. The van der Waals surface area contributed by atoms with Crippen LogP contribution in [-0.4, -0.2) is 34.2 Å². The van der Waals surface area contributed by atoms with E-state index in [0.29, 0.717) is 11.3 Å². The number of halogens is 2. The topological polar surface area (TPSA) is 117 Å². The minimum Gasteiger partial charge on any atom is -0.432 e. The molecule has 0 amide bonds. The Labute approximate surface area is 210 Å². The highest BCUT2D eigenvalue weighted by atomic mass is 35.5. The van der Waals surface area contributed by atoms with Crippen molar-refractivity contribution < 1.29 is 21.4 Å². The van der Waals surface area contributed by atoms with Crippen molar-refractivity contribution in [3.63, 3.8) is 0 Å². The lowest BCUT2D eigenvalue weighted by atomic mass is 10.1. The van der Waals surface area contributed by atoms with Crippen LogP contribution in [0.25, 0.3) is 28.7 Å². The van der Waals surface area contributed by atoms with Crippen molar-refractivity contribution in [3.8, 4) is 28.7 Å². The van der Waals surface area contributed by atoms with Gasteiger partial charge in [-0.15, -0.1) is 0 Å². The summed E-state index contributed by atoms with van der Waals surface area (Å²) in [7, 11) is -3.68. The van der Waals surface area contributed by atoms with E-state index in [4.69, 9.17) is 20.2 Å². The highest BCUT2D eigenvalue weighted by molar-refractivity contribution is 7.85. The van der Waals surface area contributed by atoms with Crippen LogP contribution in [0.1, 0.15) is 35.7 Å². The van der Waals surface area contributed by atoms with Gasteiger partial charge in [0.25, 0.3) is 10.1 Å². The lowest BCUT2D eigenvalue weighted by Crippen LogP contribution is -2.22. The molecule has 0 bridgehead atoms. The molecule has 3 aromatic heterocycles. The van der Waals surface area contributed by atoms with E-state index in [9.17, 15) is 17.6 Å². The predicted molar refractivity (Wildman–Crippen MR) is 130 cm³/mol. The summed E-state index contributed by atoms with van der Waals surface area (Å²) in [5, 5.41) is -0.0662. The molecular weight excluding hydrogens is 511 g/mol. The molecule has 9 nitrogen and oxygen atoms in total. The van der Waals surface area contributed by atoms with Crippen LogP contribution in [0.2, 0.25) is 5.02 Å². The van der Waals surface area contributed by atoms with E-state index in [1.54, 1.807) is 37.4 Å². The van der Waals surface area contributed by atoms with Gasteiger partial charge >= 0.3 is 5.69 Å². The van der Waals surface area contributed by atoms with Crippen LogP contribution in [0.5, 0.6) is 0 Å². The summed E-state index contributed by atoms with van der Waals surface area (Å²) < 4.78 is 49.2. The zero-order valence-corrected chi connectivity index (χ0v) is 20.8. The minimum atomic E-state index is -3.68. The predicted octanol–water partition coefficient (Wildman–Crippen LogP) is 4.40. The van der Waals surface area contributed by atoms with Crippen LogP contribution < -0.4 is 5.69 Å². The van der Waals surface area contributed by atoms with E-state index in [0.717, 1.165) is 30.4 Å². The molecule has 0 saturated heterocycles. The molecule has 186 valence electrons. The number of aryl methyl sites for hydroxylation is 1. The quantitative estimate of drug-likeness (QED) is 0.323. The van der Waals surface area contributed by atoms with E-state index in [-0.39, 0.29) is 40.7 Å². The number of hydrogen-bond donors (Lipinski definition) is 0. The van der Waals surface area contributed by atoms with E-state index < -0.39 is 21.6 Å². The Morgan fingerprint density at radius 1 is 1.17 bits per heavy atom. The molecular formula is C24H20ClFN4O5S. The molecule has 0 aliphatic heterocycles. The second-order valence-electron chi connectivity index (χ2n) is 8.57. The Kier molecular flexibility index (Phi) is 6.23. The average Bonchev–Trinajstić information content (AvgIpc) is 3.57. The van der Waals surface area contributed by atoms with Crippen LogP contribution in [-0.2, 0) is 20.9 Å². The SMILES string of the molecule is Cc1cc(COS(C)(=O)=O)nc(-c2nc(-n3ccc(C4CC4)nc3=O)c(-c3ccc(Cl)c(F)c3)o2)c1. The highest BCUT2D eigenvalue weighted by Crippen LogP contribution is 2.38. The lowest BCUT2D eigenvalue weighted by Gasteiger charge is -2.05. The number of benzene rings is 1. The highest BCUT2D eigenvalue weighted by Gasteiger charge is 2.27. The van der Waals surface area contributed by atoms with Gasteiger partial charge in [-0.05, 0) is 61.7 Å². The maximum atomic E-state index is 14.3. The first-order valence-electron chi connectivity index (χ1n) is 11.0. The van der Waals surface area contributed by atoms with E-state index in [1.807, 2.05) is 0 Å². The number of aromatic nitrogens is 4. The van der Waals surface area contributed by atoms with Crippen molar-refractivity contribution in [2.24, 2.45) is 0 Å². The second-order valence-corrected chi connectivity index (χ2v) is 10.6. The zero-order chi connectivity index (χ0) is 25.6. The molecule has 36 heavy (non-hydrogen) atoms. The summed E-state index contributed by atoms with van der Waals surface area (Å²) in [6.45, 7) is 1.52. The van der Waals surface area contributed by atoms with Gasteiger partial charge in [0, 0.05) is 17.7 Å². The number of rotatable bonds is 7. The largest absolute Gasteiger partial charge is 0.432 e. The third kappa shape index (κ3) is 5.23. The van der Waals surface area contributed by atoms with Gasteiger partial charge in [-0.1, -0.05) is 11.6 Å². The Bertz CT molecular complexity index is 1650. The van der Waals surface area contributed by atoms with Crippen molar-refractivity contribution in [2.45, 2.75) is 32.3 Å². The van der Waals surface area contributed by atoms with Gasteiger partial charge in [0.05, 0.1) is 22.7 Å². The molecule has 0 unspecified atom stereocenters. The fourth-order valence-electron chi connectivity index (χ4n) is 3.68. The number of hydrogen-bond acceptors (Lipinski definition) is 8. The molecule has 1 fully saturated rings. The van der Waals surface area contributed by atoms with Gasteiger partial charge in [-0.25, -0.2) is 18.7 Å². The maximum Gasteiger partial charge on any atom is 0.353 e. The van der Waals surface area contributed by atoms with Crippen LogP contribution in [0.15, 0.2) is 51.8 Å². The van der Waals surface area contributed by atoms with Crippen LogP contribution in [0.4, 0.5) is 4.39 Å². The molecule has 12 heteroatoms. The summed E-state index contributed by atoms with van der Waals surface area (Å²) in [4.78, 5) is 26.0. The van der Waals surface area contributed by atoms with E-state index in [2.05, 4.69) is 15.0 Å². The normalized spacial score (nSPS) is 13.8. The standard InChI is InChI=1S/C24H20ClFN4O5S/c1-13-9-16(12-34-36(2,32)33)27-20(10-13)23-29-22(21(35-23)15-5-6-17(25)18(26)11-15)30-8-7-19(14-3-4-14)28-24(30)31/h5-11,14H,3-4,12H2,1-2H3. The van der Waals surface area contributed by atoms with Gasteiger partial charge in [0.2, 0.25) is 5.89 Å². The van der Waals surface area contributed by atoms with Crippen LogP contribution in [0.3, 0.4) is 0 Å². The van der Waals surface area contributed by atoms with Crippen molar-refractivity contribution in [1.82, 2.24) is 19.5 Å². The molecule has 1 aliphatic carbocycles. The van der Waals surface area contributed by atoms with Crippen molar-refractivity contribution in [3.05, 3.63) is 80.9 Å². The average molecular weight is 531 g/mol. The summed E-state index contributed by atoms with van der Waals surface area (Å²) in [6.07, 6.45) is 4.49. The maximum absolute atomic E-state index is 14.3. The van der Waals surface area contributed by atoms with Gasteiger partial charge in [0.1, 0.15) is 18.1 Å². The van der Waals surface area contributed by atoms with Crippen LogP contribution in [0, 0.1) is 12.7 Å². The Morgan fingerprint density at radius 2 is 1.94 bits per heavy atom. The molecule has 1 saturated carbocycles. The Balaban J connectivity index is 1.64. The minimum absolute atomic E-state index is 0.0397. The molecule has 5 rings (SSSR count). The summed E-state index contributed by atoms with van der Waals surface area (Å²) in [5.74, 6) is -0.127. The molecule has 0 N–H and O–H groups in total. The van der Waals surface area contributed by atoms with Gasteiger partial charge in [0.15, 0.2) is 11.6 Å². The van der Waals surface area contributed by atoms with E-state index >= 15 is 0 Å². The monoisotopic (exact) mass is 530 g/mol. The van der Waals surface area contributed by atoms with Crippen LogP contribution >= 0.6 is 11.6 Å². The third-order valence-electron chi connectivity index (χ3n) is 5.50. The van der Waals surface area contributed by atoms with Gasteiger partial charge < -0.3 is 4.42 Å². The third-order valence-corrected chi connectivity index (χ3v) is 6.36. The van der Waals surface area contributed by atoms with Gasteiger partial charge in [-0.3, -0.25) is 4.18 Å². The summed E-state index contributed by atoms with van der Waals surface area (Å²) in [5.41, 5.74) is 1.83. The molecule has 3 heterocycles. The number of oxazole rings is 1. The first-order chi connectivity index (χ1) is 17.1. The van der Waals surface area contributed by atoms with Crippen molar-refractivity contribution in [2.75, 3.05) is 6.26 Å². The van der Waals surface area contributed by atoms with Crippen molar-refractivity contribution >= 4 is 21.7 Å². The molecule has 0 atom stereocenters. The smallest absolute Gasteiger partial charge is 0.353 e. The summed E-state index contributed by atoms with van der Waals surface area (Å²) in [6, 6.07) is 9.21. The molecule has 0 radical (unpaired) electrons.